The van der Waals surface area contributed by atoms with Gasteiger partial charge in [0.15, 0.2) is 0 Å². The summed E-state index contributed by atoms with van der Waals surface area (Å²) in [6.45, 7) is 0.143. The molecule has 0 bridgehead atoms. The van der Waals surface area contributed by atoms with Crippen molar-refractivity contribution in [1.82, 2.24) is 0 Å². The standard InChI is InChI=1S/C12H16F2N2O4S.ClH/c1-20-9(7-15)6-11(17)16-8-3-2-4-10(5-8)21(18,19)12(13)14;/h2-5,9,12H,6-7,15H2,1H3,(H,16,17);1H. The molecule has 1 unspecified atom stereocenters. The van der Waals surface area contributed by atoms with E-state index in [1.807, 2.05) is 0 Å². The van der Waals surface area contributed by atoms with Crippen LogP contribution >= 0.6 is 12.4 Å². The first kappa shape index (κ1) is 20.7. The first-order chi connectivity index (χ1) is 9.81. The molecule has 6 nitrogen and oxygen atoms in total. The molecule has 0 aromatic heterocycles. The molecule has 1 rings (SSSR count). The number of sulfone groups is 1. The van der Waals surface area contributed by atoms with Crippen molar-refractivity contribution in [1.29, 1.82) is 0 Å². The number of hydrogen-bond acceptors (Lipinski definition) is 5. The van der Waals surface area contributed by atoms with E-state index in [0.717, 1.165) is 12.1 Å². The van der Waals surface area contributed by atoms with E-state index in [9.17, 15) is 22.0 Å². The third-order valence-electron chi connectivity index (χ3n) is 2.69. The minimum absolute atomic E-state index is 0. The molecule has 126 valence electrons. The third-order valence-corrected chi connectivity index (χ3v) is 4.07. The van der Waals surface area contributed by atoms with Crippen LogP contribution in [0.25, 0.3) is 0 Å². The molecular weight excluding hydrogens is 342 g/mol. The van der Waals surface area contributed by atoms with Crippen molar-refractivity contribution in [3.05, 3.63) is 24.3 Å². The number of nitrogens with two attached hydrogens (primary N) is 1. The first-order valence-corrected chi connectivity index (χ1v) is 7.50. The van der Waals surface area contributed by atoms with Crippen molar-refractivity contribution in [2.75, 3.05) is 19.0 Å². The Kier molecular flexibility index (Phi) is 8.46. The summed E-state index contributed by atoms with van der Waals surface area (Å²) in [6.07, 6.45) is -0.503. The van der Waals surface area contributed by atoms with Crippen molar-refractivity contribution < 1.29 is 26.7 Å². The molecule has 0 heterocycles. The zero-order chi connectivity index (χ0) is 16.0. The number of anilines is 1. The zero-order valence-electron chi connectivity index (χ0n) is 11.7. The summed E-state index contributed by atoms with van der Waals surface area (Å²) in [7, 11) is -3.29. The van der Waals surface area contributed by atoms with E-state index in [0.29, 0.717) is 0 Å². The molecule has 22 heavy (non-hydrogen) atoms. The molecule has 1 amide bonds. The van der Waals surface area contributed by atoms with Crippen LogP contribution in [0.1, 0.15) is 6.42 Å². The summed E-state index contributed by atoms with van der Waals surface area (Å²) in [5.74, 6) is -3.97. The Labute approximate surface area is 133 Å². The van der Waals surface area contributed by atoms with Crippen LogP contribution in [0.3, 0.4) is 0 Å². The number of methoxy groups -OCH3 is 1. The molecule has 1 atom stereocenters. The summed E-state index contributed by atoms with van der Waals surface area (Å²) < 4.78 is 52.5. The number of hydrogen-bond donors (Lipinski definition) is 2. The Morgan fingerprint density at radius 2 is 2.05 bits per heavy atom. The lowest BCUT2D eigenvalue weighted by Crippen LogP contribution is -2.28. The van der Waals surface area contributed by atoms with Crippen LogP contribution < -0.4 is 11.1 Å². The van der Waals surface area contributed by atoms with Crippen molar-refractivity contribution in [3.63, 3.8) is 0 Å². The van der Waals surface area contributed by atoms with Gasteiger partial charge >= 0.3 is 5.76 Å². The Bertz CT molecular complexity index is 595. The van der Waals surface area contributed by atoms with Crippen molar-refractivity contribution in [2.24, 2.45) is 5.73 Å². The minimum Gasteiger partial charge on any atom is -0.380 e. The molecule has 0 fully saturated rings. The largest absolute Gasteiger partial charge is 0.380 e. The molecule has 0 radical (unpaired) electrons. The number of benzene rings is 1. The normalized spacial score (nSPS) is 12.6. The highest BCUT2D eigenvalue weighted by molar-refractivity contribution is 7.91. The smallest absolute Gasteiger partial charge is 0.341 e. The van der Waals surface area contributed by atoms with E-state index in [4.69, 9.17) is 10.5 Å². The second-order valence-electron chi connectivity index (χ2n) is 4.18. The monoisotopic (exact) mass is 358 g/mol. The van der Waals surface area contributed by atoms with Crippen LogP contribution in [-0.4, -0.2) is 39.8 Å². The van der Waals surface area contributed by atoms with E-state index in [-0.39, 0.29) is 31.1 Å². The fourth-order valence-electron chi connectivity index (χ4n) is 1.54. The molecule has 0 saturated carbocycles. The van der Waals surface area contributed by atoms with E-state index < -0.39 is 32.5 Å². The number of alkyl halides is 2. The van der Waals surface area contributed by atoms with Crippen molar-refractivity contribution in [3.8, 4) is 0 Å². The van der Waals surface area contributed by atoms with Gasteiger partial charge in [0.05, 0.1) is 17.4 Å². The van der Waals surface area contributed by atoms with Gasteiger partial charge in [0.25, 0.3) is 0 Å². The van der Waals surface area contributed by atoms with Crippen LogP contribution in [0.2, 0.25) is 0 Å². The number of rotatable bonds is 7. The van der Waals surface area contributed by atoms with Crippen molar-refractivity contribution >= 4 is 33.8 Å². The molecule has 0 aliphatic rings. The summed E-state index contributed by atoms with van der Waals surface area (Å²) in [4.78, 5) is 11.1. The number of carbonyl (C=O) groups excluding carboxylic acids is 1. The maximum atomic E-state index is 12.5. The van der Waals surface area contributed by atoms with Gasteiger partial charge in [-0.3, -0.25) is 4.79 Å². The quantitative estimate of drug-likeness (QED) is 0.767. The Balaban J connectivity index is 0.00000441. The Morgan fingerprint density at radius 1 is 1.41 bits per heavy atom. The van der Waals surface area contributed by atoms with Crippen LogP contribution in [0.4, 0.5) is 14.5 Å². The number of halogens is 3. The highest BCUT2D eigenvalue weighted by Crippen LogP contribution is 2.21. The summed E-state index contributed by atoms with van der Waals surface area (Å²) in [5, 5.41) is 2.41. The fourth-order valence-corrected chi connectivity index (χ4v) is 2.30. The molecule has 1 aromatic carbocycles. The molecule has 0 aliphatic carbocycles. The molecule has 0 saturated heterocycles. The fraction of sp³-hybridized carbons (Fsp3) is 0.417. The molecular formula is C12H17ClF2N2O4S. The number of carbonyl (C=O) groups is 1. The van der Waals surface area contributed by atoms with Crippen molar-refractivity contribution in [2.45, 2.75) is 23.2 Å². The summed E-state index contributed by atoms with van der Waals surface area (Å²) in [6, 6.07) is 4.67. The Hall–Kier alpha value is -1.29. The Morgan fingerprint density at radius 3 is 2.55 bits per heavy atom. The summed E-state index contributed by atoms with van der Waals surface area (Å²) in [5.41, 5.74) is 5.48. The van der Waals surface area contributed by atoms with Gasteiger partial charge in [-0.25, -0.2) is 8.42 Å². The predicted molar refractivity (Wildman–Crippen MR) is 80.0 cm³/mol. The lowest BCUT2D eigenvalue weighted by molar-refractivity contribution is -0.118. The van der Waals surface area contributed by atoms with Gasteiger partial charge in [0, 0.05) is 19.3 Å². The second kappa shape index (κ2) is 8.99. The maximum absolute atomic E-state index is 12.5. The number of amides is 1. The minimum atomic E-state index is -4.70. The van der Waals surface area contributed by atoms with E-state index >= 15 is 0 Å². The molecule has 10 heteroatoms. The van der Waals surface area contributed by atoms with E-state index in [1.165, 1.54) is 19.2 Å². The third kappa shape index (κ3) is 5.48. The SMILES string of the molecule is COC(CN)CC(=O)Nc1cccc(S(=O)(=O)C(F)F)c1.Cl. The van der Waals surface area contributed by atoms with Gasteiger partial charge in [0.2, 0.25) is 15.7 Å². The highest BCUT2D eigenvalue weighted by atomic mass is 35.5. The van der Waals surface area contributed by atoms with Crippen LogP contribution in [-0.2, 0) is 19.4 Å². The lowest BCUT2D eigenvalue weighted by atomic mass is 10.2. The van der Waals surface area contributed by atoms with Gasteiger partial charge in [-0.15, -0.1) is 12.4 Å². The topological polar surface area (TPSA) is 98.5 Å². The number of nitrogens with one attached hydrogen (secondary N) is 1. The highest BCUT2D eigenvalue weighted by Gasteiger charge is 2.26. The maximum Gasteiger partial charge on any atom is 0.341 e. The molecule has 1 aromatic rings. The average molecular weight is 359 g/mol. The molecule has 0 aliphatic heterocycles. The first-order valence-electron chi connectivity index (χ1n) is 5.96. The summed E-state index contributed by atoms with van der Waals surface area (Å²) >= 11 is 0. The molecule has 3 N–H and O–H groups in total. The van der Waals surface area contributed by atoms with E-state index in [2.05, 4.69) is 5.32 Å². The van der Waals surface area contributed by atoms with Crippen LogP contribution in [0.15, 0.2) is 29.2 Å². The predicted octanol–water partition coefficient (Wildman–Crippen LogP) is 1.41. The number of ether oxygens (including phenoxy) is 1. The lowest BCUT2D eigenvalue weighted by Gasteiger charge is -2.13. The second-order valence-corrected chi connectivity index (χ2v) is 6.10. The zero-order valence-corrected chi connectivity index (χ0v) is 13.3. The average Bonchev–Trinajstić information content (AvgIpc) is 2.44. The molecule has 0 spiro atoms. The van der Waals surface area contributed by atoms with Crippen LogP contribution in [0, 0.1) is 0 Å². The van der Waals surface area contributed by atoms with Gasteiger partial charge in [0.1, 0.15) is 0 Å². The van der Waals surface area contributed by atoms with Gasteiger partial charge in [-0.2, -0.15) is 8.78 Å². The van der Waals surface area contributed by atoms with E-state index in [1.54, 1.807) is 0 Å². The van der Waals surface area contributed by atoms with Gasteiger partial charge in [-0.1, -0.05) is 6.07 Å². The van der Waals surface area contributed by atoms with Gasteiger partial charge < -0.3 is 15.8 Å². The van der Waals surface area contributed by atoms with Gasteiger partial charge in [-0.05, 0) is 18.2 Å². The van der Waals surface area contributed by atoms with Crippen LogP contribution in [0.5, 0.6) is 0 Å².